The zero-order valence-corrected chi connectivity index (χ0v) is 19.8. The number of rotatable bonds is 9. The highest BCUT2D eigenvalue weighted by atomic mass is 16.5. The first-order chi connectivity index (χ1) is 16.2. The molecule has 1 atom stereocenters. The molecule has 0 aliphatic carbocycles. The third-order valence-electron chi connectivity index (χ3n) is 4.79. The molecule has 0 spiro atoms. The number of hydrogen-bond acceptors (Lipinski definition) is 7. The molecule has 34 heavy (non-hydrogen) atoms. The third-order valence-corrected chi connectivity index (χ3v) is 4.79. The van der Waals surface area contributed by atoms with Crippen molar-refractivity contribution >= 4 is 23.7 Å². The molecule has 0 aliphatic rings. The Morgan fingerprint density at radius 3 is 2.15 bits per heavy atom. The van der Waals surface area contributed by atoms with Crippen molar-refractivity contribution in [1.29, 1.82) is 0 Å². The van der Waals surface area contributed by atoms with Crippen molar-refractivity contribution in [2.75, 3.05) is 20.8 Å². The second-order valence-electron chi connectivity index (χ2n) is 7.74. The van der Waals surface area contributed by atoms with Crippen molar-refractivity contribution in [3.8, 4) is 11.5 Å². The van der Waals surface area contributed by atoms with Crippen molar-refractivity contribution < 1.29 is 33.4 Å². The maximum absolute atomic E-state index is 12.5. The predicted molar refractivity (Wildman–Crippen MR) is 123 cm³/mol. The molecule has 2 aromatic rings. The summed E-state index contributed by atoms with van der Waals surface area (Å²) in [4.78, 5) is 49.3. The average Bonchev–Trinajstić information content (AvgIpc) is 2.83. The lowest BCUT2D eigenvalue weighted by atomic mass is 10.0. The molecule has 0 saturated heterocycles. The molecule has 0 radical (unpaired) electrons. The van der Waals surface area contributed by atoms with Crippen LogP contribution < -0.4 is 25.6 Å². The van der Waals surface area contributed by atoms with Crippen LogP contribution in [-0.4, -0.2) is 50.6 Å². The number of hydrazine groups is 1. The Hall–Kier alpha value is -4.08. The Balaban J connectivity index is 1.88. The Morgan fingerprint density at radius 2 is 1.53 bits per heavy atom. The second-order valence-corrected chi connectivity index (χ2v) is 7.74. The number of esters is 1. The van der Waals surface area contributed by atoms with Crippen molar-refractivity contribution in [1.82, 2.24) is 16.2 Å². The smallest absolute Gasteiger partial charge is 0.329 e. The lowest BCUT2D eigenvalue weighted by Gasteiger charge is -2.21. The summed E-state index contributed by atoms with van der Waals surface area (Å²) in [5.74, 6) is -2.04. The van der Waals surface area contributed by atoms with Gasteiger partial charge in [0, 0.05) is 11.1 Å². The fourth-order valence-electron chi connectivity index (χ4n) is 2.95. The lowest BCUT2D eigenvalue weighted by Crippen LogP contribution is -2.47. The zero-order valence-electron chi connectivity index (χ0n) is 19.8. The molecule has 10 heteroatoms. The van der Waals surface area contributed by atoms with Crippen molar-refractivity contribution in [2.45, 2.75) is 26.8 Å². The number of amides is 3. The normalized spacial score (nSPS) is 11.2. The molecule has 2 aromatic carbocycles. The number of carbonyl (C=O) groups is 4. The first-order valence-corrected chi connectivity index (χ1v) is 10.5. The topological polar surface area (TPSA) is 132 Å². The van der Waals surface area contributed by atoms with Gasteiger partial charge in [-0.15, -0.1) is 0 Å². The van der Waals surface area contributed by atoms with Crippen LogP contribution in [-0.2, 0) is 14.3 Å². The molecule has 0 aliphatic heterocycles. The Labute approximate surface area is 197 Å². The van der Waals surface area contributed by atoms with Crippen molar-refractivity contribution in [2.24, 2.45) is 5.92 Å². The van der Waals surface area contributed by atoms with E-state index in [0.717, 1.165) is 5.56 Å². The van der Waals surface area contributed by atoms with E-state index in [1.807, 2.05) is 13.0 Å². The highest BCUT2D eigenvalue weighted by molar-refractivity contribution is 5.98. The second kappa shape index (κ2) is 12.2. The van der Waals surface area contributed by atoms with Gasteiger partial charge in [0.05, 0.1) is 14.2 Å². The first-order valence-electron chi connectivity index (χ1n) is 10.5. The largest absolute Gasteiger partial charge is 0.493 e. The summed E-state index contributed by atoms with van der Waals surface area (Å²) >= 11 is 0. The number of methoxy groups -OCH3 is 2. The molecule has 10 nitrogen and oxygen atoms in total. The van der Waals surface area contributed by atoms with Crippen LogP contribution in [0.3, 0.4) is 0 Å². The van der Waals surface area contributed by atoms with Gasteiger partial charge in [-0.2, -0.15) is 0 Å². The summed E-state index contributed by atoms with van der Waals surface area (Å²) < 4.78 is 15.3. The van der Waals surface area contributed by atoms with E-state index in [1.54, 1.807) is 38.1 Å². The minimum atomic E-state index is -0.956. The fraction of sp³-hybridized carbons (Fsp3) is 0.333. The molecule has 0 saturated carbocycles. The number of nitrogens with one attached hydrogen (secondary N) is 3. The van der Waals surface area contributed by atoms with Gasteiger partial charge in [0.25, 0.3) is 17.7 Å². The van der Waals surface area contributed by atoms with Gasteiger partial charge < -0.3 is 19.5 Å². The molecule has 0 unspecified atom stereocenters. The van der Waals surface area contributed by atoms with Crippen LogP contribution in [0.2, 0.25) is 0 Å². The summed E-state index contributed by atoms with van der Waals surface area (Å²) in [6, 6.07) is 10.5. The van der Waals surface area contributed by atoms with Gasteiger partial charge in [-0.25, -0.2) is 4.79 Å². The highest BCUT2D eigenvalue weighted by Gasteiger charge is 2.27. The summed E-state index contributed by atoms with van der Waals surface area (Å²) in [5, 5.41) is 2.64. The first kappa shape index (κ1) is 26.2. The molecule has 3 N–H and O–H groups in total. The zero-order chi connectivity index (χ0) is 25.3. The lowest BCUT2D eigenvalue weighted by molar-refractivity contribution is -0.151. The quantitative estimate of drug-likeness (QED) is 0.375. The molecule has 2 rings (SSSR count). The van der Waals surface area contributed by atoms with Crippen LogP contribution in [0.15, 0.2) is 42.5 Å². The van der Waals surface area contributed by atoms with E-state index in [0.29, 0.717) is 17.1 Å². The third kappa shape index (κ3) is 7.22. The molecule has 0 fully saturated rings. The van der Waals surface area contributed by atoms with Crippen LogP contribution in [0.4, 0.5) is 0 Å². The van der Waals surface area contributed by atoms with Crippen molar-refractivity contribution in [3.63, 3.8) is 0 Å². The van der Waals surface area contributed by atoms with Gasteiger partial charge in [-0.1, -0.05) is 31.5 Å². The van der Waals surface area contributed by atoms with Crippen LogP contribution in [0.5, 0.6) is 11.5 Å². The number of benzene rings is 2. The number of aryl methyl sites for hydroxylation is 1. The maximum Gasteiger partial charge on any atom is 0.329 e. The molecule has 3 amide bonds. The van der Waals surface area contributed by atoms with Gasteiger partial charge >= 0.3 is 5.97 Å². The molecule has 182 valence electrons. The van der Waals surface area contributed by atoms with Gasteiger partial charge in [0.15, 0.2) is 18.1 Å². The van der Waals surface area contributed by atoms with Crippen molar-refractivity contribution in [3.05, 3.63) is 59.2 Å². The van der Waals surface area contributed by atoms with Crippen LogP contribution in [0.1, 0.15) is 40.1 Å². The Morgan fingerprint density at radius 1 is 0.853 bits per heavy atom. The van der Waals surface area contributed by atoms with Crippen LogP contribution in [0.25, 0.3) is 0 Å². The molecule has 0 bridgehead atoms. The number of carbonyl (C=O) groups excluding carboxylic acids is 4. The van der Waals surface area contributed by atoms with E-state index < -0.39 is 36.3 Å². The highest BCUT2D eigenvalue weighted by Crippen LogP contribution is 2.27. The summed E-state index contributed by atoms with van der Waals surface area (Å²) in [6.45, 7) is 4.69. The predicted octanol–water partition coefficient (Wildman–Crippen LogP) is 1.77. The SMILES string of the molecule is COc1ccc(C(=O)NNC(=O)COC(=O)[C@@H](NC(=O)c2cccc(C)c2)C(C)C)cc1OC. The van der Waals surface area contributed by atoms with Crippen LogP contribution in [0, 0.1) is 12.8 Å². The molecular formula is C24H29N3O7. The fourth-order valence-corrected chi connectivity index (χ4v) is 2.95. The maximum atomic E-state index is 12.5. The Kier molecular flexibility index (Phi) is 9.42. The average molecular weight is 472 g/mol. The van der Waals surface area contributed by atoms with E-state index in [1.165, 1.54) is 26.4 Å². The minimum absolute atomic E-state index is 0.216. The van der Waals surface area contributed by atoms with Gasteiger partial charge in [-0.05, 0) is 43.2 Å². The Bertz CT molecular complexity index is 1050. The molecule has 0 aromatic heterocycles. The summed E-state index contributed by atoms with van der Waals surface area (Å²) in [6.07, 6.45) is 0. The van der Waals surface area contributed by atoms with E-state index in [9.17, 15) is 19.2 Å². The number of ether oxygens (including phenoxy) is 3. The van der Waals surface area contributed by atoms with E-state index in [4.69, 9.17) is 14.2 Å². The van der Waals surface area contributed by atoms with E-state index >= 15 is 0 Å². The van der Waals surface area contributed by atoms with Gasteiger partial charge in [-0.3, -0.25) is 25.2 Å². The van der Waals surface area contributed by atoms with E-state index in [-0.39, 0.29) is 11.5 Å². The van der Waals surface area contributed by atoms with Crippen LogP contribution >= 0.6 is 0 Å². The van der Waals surface area contributed by atoms with Gasteiger partial charge in [0.2, 0.25) is 0 Å². The molecular weight excluding hydrogens is 442 g/mol. The standard InChI is InChI=1S/C24H29N3O7/c1-14(2)21(25-22(29)16-8-6-7-15(3)11-16)24(31)34-13-20(28)26-27-23(30)17-9-10-18(32-4)19(12-17)33-5/h6-12,14,21H,13H2,1-5H3,(H,25,29)(H,26,28)(H,27,30)/t21-/m0/s1. The molecule has 0 heterocycles. The monoisotopic (exact) mass is 471 g/mol. The van der Waals surface area contributed by atoms with E-state index in [2.05, 4.69) is 16.2 Å². The summed E-state index contributed by atoms with van der Waals surface area (Å²) in [7, 11) is 2.90. The van der Waals surface area contributed by atoms with Gasteiger partial charge in [0.1, 0.15) is 6.04 Å². The minimum Gasteiger partial charge on any atom is -0.493 e. The number of hydrogen-bond donors (Lipinski definition) is 3. The summed E-state index contributed by atoms with van der Waals surface area (Å²) in [5.41, 5.74) is 5.93.